The zero-order chi connectivity index (χ0) is 13.1. The quantitative estimate of drug-likeness (QED) is 0.556. The second-order valence-electron chi connectivity index (χ2n) is 3.91. The Morgan fingerprint density at radius 1 is 1.71 bits per heavy atom. The molecule has 0 saturated carbocycles. The largest absolute Gasteiger partial charge is 0.377 e. The fourth-order valence-electron chi connectivity index (χ4n) is 1.57. The van der Waals surface area contributed by atoms with Gasteiger partial charge in [-0.15, -0.1) is 0 Å². The van der Waals surface area contributed by atoms with Crippen LogP contribution in [-0.4, -0.2) is 42.0 Å². The first-order chi connectivity index (χ1) is 7.84. The maximum Gasteiger partial charge on any atom is 0.328 e. The first-order valence-electron chi connectivity index (χ1n) is 5.41. The Labute approximate surface area is 102 Å². The first-order valence-corrected chi connectivity index (χ1v) is 8.60. The van der Waals surface area contributed by atoms with E-state index in [9.17, 15) is 14.0 Å². The molecule has 98 valence electrons. The van der Waals surface area contributed by atoms with Crippen molar-refractivity contribution in [2.24, 2.45) is 0 Å². The van der Waals surface area contributed by atoms with Crippen molar-refractivity contribution in [1.82, 2.24) is 0 Å². The van der Waals surface area contributed by atoms with Gasteiger partial charge < -0.3 is 19.0 Å². The summed E-state index contributed by atoms with van der Waals surface area (Å²) in [7, 11) is -4.44. The van der Waals surface area contributed by atoms with Crippen LogP contribution in [0.2, 0.25) is 0 Å². The van der Waals surface area contributed by atoms with Crippen molar-refractivity contribution < 1.29 is 28.2 Å². The minimum atomic E-state index is -3.53. The molecule has 1 aliphatic rings. The molecule has 0 aliphatic carbocycles. The second-order valence-corrected chi connectivity index (χ2v) is 7.04. The van der Waals surface area contributed by atoms with Crippen LogP contribution in [0.1, 0.15) is 13.3 Å². The number of hydrogen-bond acceptors (Lipinski definition) is 4. The van der Waals surface area contributed by atoms with Gasteiger partial charge in [-0.05, 0) is 5.82 Å². The van der Waals surface area contributed by atoms with E-state index in [4.69, 9.17) is 14.2 Å². The summed E-state index contributed by atoms with van der Waals surface area (Å²) >= 11 is 0. The fourth-order valence-corrected chi connectivity index (χ4v) is 2.78. The number of rotatable bonds is 5. The summed E-state index contributed by atoms with van der Waals surface area (Å²) in [5, 5.41) is 0. The fraction of sp³-hybridized carbons (Fsp3) is 0.750. The lowest BCUT2D eigenvalue weighted by Crippen LogP contribution is -2.23. The molecule has 0 aromatic heterocycles. The van der Waals surface area contributed by atoms with E-state index in [0.29, 0.717) is 6.42 Å². The van der Waals surface area contributed by atoms with Gasteiger partial charge in [0, 0.05) is 12.6 Å². The van der Waals surface area contributed by atoms with Gasteiger partial charge >= 0.3 is 7.60 Å². The van der Waals surface area contributed by atoms with Gasteiger partial charge in [0.2, 0.25) is 8.03 Å². The van der Waals surface area contributed by atoms with Crippen molar-refractivity contribution in [3.8, 4) is 0 Å². The molecular formula is C8H17BO6P2. The summed E-state index contributed by atoms with van der Waals surface area (Å²) in [6.45, 7) is 1.58. The molecule has 1 aliphatic heterocycles. The van der Waals surface area contributed by atoms with Gasteiger partial charge in [-0.25, -0.2) is 0 Å². The molecule has 5 atom stereocenters. The summed E-state index contributed by atoms with van der Waals surface area (Å²) in [5.74, 6) is 1.18. The molecule has 0 amide bonds. The highest BCUT2D eigenvalue weighted by atomic mass is 31.2. The van der Waals surface area contributed by atoms with Crippen molar-refractivity contribution in [3.63, 3.8) is 0 Å². The Kier molecular flexibility index (Phi) is 5.64. The second kappa shape index (κ2) is 6.32. The maximum absolute atomic E-state index is 11.4. The van der Waals surface area contributed by atoms with Crippen LogP contribution in [0.5, 0.6) is 0 Å². The lowest BCUT2D eigenvalue weighted by molar-refractivity contribution is 0.0816. The molecule has 1 heterocycles. The molecule has 1 fully saturated rings. The zero-order valence-corrected chi connectivity index (χ0v) is 11.7. The molecule has 2 unspecified atom stereocenters. The van der Waals surface area contributed by atoms with Crippen molar-refractivity contribution >= 4 is 23.5 Å². The van der Waals surface area contributed by atoms with Crippen LogP contribution in [0, 0.1) is 0 Å². The van der Waals surface area contributed by atoms with E-state index in [1.54, 1.807) is 14.8 Å². The van der Waals surface area contributed by atoms with Crippen molar-refractivity contribution in [3.05, 3.63) is 11.9 Å². The van der Waals surface area contributed by atoms with Gasteiger partial charge in [-0.3, -0.25) is 9.13 Å². The monoisotopic (exact) mass is 282 g/mol. The third kappa shape index (κ3) is 5.08. The van der Waals surface area contributed by atoms with E-state index in [0.717, 1.165) is 0 Å². The molecule has 1 saturated heterocycles. The average Bonchev–Trinajstić information content (AvgIpc) is 2.56. The molecule has 0 aromatic carbocycles. The van der Waals surface area contributed by atoms with Crippen molar-refractivity contribution in [2.75, 3.05) is 6.16 Å². The van der Waals surface area contributed by atoms with Gasteiger partial charge in [0.15, 0.2) is 0 Å². The van der Waals surface area contributed by atoms with Gasteiger partial charge in [0.25, 0.3) is 0 Å². The highest BCUT2D eigenvalue weighted by Crippen LogP contribution is 2.45. The first kappa shape index (κ1) is 15.2. The van der Waals surface area contributed by atoms with Crippen LogP contribution >= 0.6 is 15.6 Å². The number of ether oxygens (including phenoxy) is 1. The molecule has 0 spiro atoms. The topological polar surface area (TPSA) is 93.1 Å². The summed E-state index contributed by atoms with van der Waals surface area (Å²) in [6, 6.07) is -0.308. The molecule has 2 N–H and O–H groups in total. The van der Waals surface area contributed by atoms with Crippen LogP contribution in [0.4, 0.5) is 0 Å². The van der Waals surface area contributed by atoms with Crippen molar-refractivity contribution in [1.29, 1.82) is 0 Å². The van der Waals surface area contributed by atoms with Crippen LogP contribution in [-0.2, 0) is 18.4 Å². The van der Waals surface area contributed by atoms with Crippen LogP contribution < -0.4 is 0 Å². The Balaban J connectivity index is 2.55. The van der Waals surface area contributed by atoms with E-state index in [1.165, 1.54) is 11.9 Å². The summed E-state index contributed by atoms with van der Waals surface area (Å²) < 4.78 is 32.5. The summed E-state index contributed by atoms with van der Waals surface area (Å²) in [6.07, 6.45) is 1.17. The van der Waals surface area contributed by atoms with E-state index in [1.807, 2.05) is 0 Å². The Morgan fingerprint density at radius 2 is 2.35 bits per heavy atom. The van der Waals surface area contributed by atoms with Gasteiger partial charge in [-0.2, -0.15) is 0 Å². The van der Waals surface area contributed by atoms with E-state index in [-0.39, 0.29) is 18.3 Å². The smallest absolute Gasteiger partial charge is 0.328 e. The lowest BCUT2D eigenvalue weighted by Gasteiger charge is -2.18. The average molecular weight is 282 g/mol. The third-order valence-electron chi connectivity index (χ3n) is 2.53. The lowest BCUT2D eigenvalue weighted by atomic mass is 9.94. The van der Waals surface area contributed by atoms with Crippen LogP contribution in [0.15, 0.2) is 11.9 Å². The van der Waals surface area contributed by atoms with Crippen molar-refractivity contribution in [2.45, 2.75) is 31.6 Å². The predicted molar refractivity (Wildman–Crippen MR) is 67.4 cm³/mol. The number of hydrogen-bond donors (Lipinski definition) is 2. The summed E-state index contributed by atoms with van der Waals surface area (Å²) in [4.78, 5) is 18.0. The third-order valence-corrected chi connectivity index (χ3v) is 4.41. The molecule has 0 aromatic rings. The normalized spacial score (nSPS) is 34.9. The molecular weight excluding hydrogens is 265 g/mol. The Hall–Kier alpha value is 0.105. The molecule has 17 heavy (non-hydrogen) atoms. The Morgan fingerprint density at radius 3 is 2.88 bits per heavy atom. The minimum Gasteiger partial charge on any atom is -0.377 e. The van der Waals surface area contributed by atoms with Gasteiger partial charge in [0.1, 0.15) is 7.85 Å². The van der Waals surface area contributed by atoms with E-state index < -0.39 is 21.7 Å². The molecule has 6 nitrogen and oxygen atoms in total. The van der Waals surface area contributed by atoms with Gasteiger partial charge in [0.05, 0.1) is 18.2 Å². The standard InChI is InChI=1S/C8H17BO6P2/c1-2-17(12,13)15-7-5-6(14-8(7)9)3-4-16(10)11/h3-4,6-8,16H,2,5,9H2,1H3,(H,10,11)(H,12,13)/b4-3+/t6-,7-,8-/m1/s1. The minimum absolute atomic E-state index is 0.0566. The molecule has 1 rings (SSSR count). The van der Waals surface area contributed by atoms with Crippen LogP contribution in [0.3, 0.4) is 0 Å². The highest BCUT2D eigenvalue weighted by Gasteiger charge is 2.35. The van der Waals surface area contributed by atoms with E-state index in [2.05, 4.69) is 0 Å². The zero-order valence-electron chi connectivity index (χ0n) is 9.78. The SMILES string of the molecule is B[C@@H]1O[C@H](/C=C/[PH](=O)O)C[C@H]1OP(=O)(O)CC. The molecule has 0 radical (unpaired) electrons. The summed E-state index contributed by atoms with van der Waals surface area (Å²) in [5.41, 5.74) is 0. The molecule has 0 bridgehead atoms. The van der Waals surface area contributed by atoms with E-state index >= 15 is 0 Å². The van der Waals surface area contributed by atoms with Crippen LogP contribution in [0.25, 0.3) is 0 Å². The highest BCUT2D eigenvalue weighted by molar-refractivity contribution is 7.52. The van der Waals surface area contributed by atoms with Gasteiger partial charge in [-0.1, -0.05) is 13.0 Å². The maximum atomic E-state index is 11.4. The molecule has 9 heteroatoms. The Bertz CT molecular complexity index is 360. The predicted octanol–water partition coefficient (Wildman–Crippen LogP) is 0.306.